The number of carbonyl (C=O) groups excluding carboxylic acids is 1. The standard InChI is InChI=1S/C10H9N3O2S/c1-2-4-15-10(14)7-6-12-13-8(7)9-11-3-5-16-9/h2-3,5-6H,1,4H2,(H,12,13). The van der Waals surface area contributed by atoms with Crippen molar-refractivity contribution in [2.75, 3.05) is 6.61 Å². The SMILES string of the molecule is C=CCOC(=O)c1cn[nH]c1-c1nccs1. The topological polar surface area (TPSA) is 67.9 Å². The molecule has 0 bridgehead atoms. The summed E-state index contributed by atoms with van der Waals surface area (Å²) in [5.74, 6) is -0.432. The predicted molar refractivity (Wildman–Crippen MR) is 60.2 cm³/mol. The lowest BCUT2D eigenvalue weighted by molar-refractivity contribution is 0.0551. The predicted octanol–water partition coefficient (Wildman–Crippen LogP) is 1.88. The second kappa shape index (κ2) is 4.71. The fourth-order valence-corrected chi connectivity index (χ4v) is 1.81. The molecule has 0 fully saturated rings. The van der Waals surface area contributed by atoms with Gasteiger partial charge >= 0.3 is 5.97 Å². The van der Waals surface area contributed by atoms with Gasteiger partial charge in [-0.3, -0.25) is 5.10 Å². The quantitative estimate of drug-likeness (QED) is 0.649. The van der Waals surface area contributed by atoms with E-state index in [2.05, 4.69) is 21.8 Å². The average Bonchev–Trinajstić information content (AvgIpc) is 2.94. The van der Waals surface area contributed by atoms with Gasteiger partial charge in [0, 0.05) is 11.6 Å². The van der Waals surface area contributed by atoms with Crippen LogP contribution in [0.4, 0.5) is 0 Å². The molecule has 1 N–H and O–H groups in total. The summed E-state index contributed by atoms with van der Waals surface area (Å²) < 4.78 is 4.93. The highest BCUT2D eigenvalue weighted by Gasteiger charge is 2.17. The van der Waals surface area contributed by atoms with Gasteiger partial charge < -0.3 is 4.74 Å². The highest BCUT2D eigenvalue weighted by molar-refractivity contribution is 7.13. The number of esters is 1. The van der Waals surface area contributed by atoms with Crippen LogP contribution in [0.15, 0.2) is 30.4 Å². The Kier molecular flexibility index (Phi) is 3.11. The van der Waals surface area contributed by atoms with Crippen molar-refractivity contribution >= 4 is 17.3 Å². The third-order valence-corrected chi connectivity index (χ3v) is 2.63. The molecule has 6 heteroatoms. The lowest BCUT2D eigenvalue weighted by atomic mass is 10.2. The van der Waals surface area contributed by atoms with Crippen LogP contribution in [0.2, 0.25) is 0 Å². The lowest BCUT2D eigenvalue weighted by Gasteiger charge is -2.00. The molecule has 0 radical (unpaired) electrons. The van der Waals surface area contributed by atoms with Crippen LogP contribution in [0, 0.1) is 0 Å². The average molecular weight is 235 g/mol. The third-order valence-electron chi connectivity index (χ3n) is 1.84. The maximum Gasteiger partial charge on any atom is 0.342 e. The molecule has 0 amide bonds. The maximum absolute atomic E-state index is 11.6. The van der Waals surface area contributed by atoms with E-state index in [-0.39, 0.29) is 6.61 Å². The minimum atomic E-state index is -0.432. The Hall–Kier alpha value is -1.95. The number of hydrogen-bond donors (Lipinski definition) is 1. The second-order valence-electron chi connectivity index (χ2n) is 2.88. The van der Waals surface area contributed by atoms with Crippen LogP contribution in [0.1, 0.15) is 10.4 Å². The highest BCUT2D eigenvalue weighted by atomic mass is 32.1. The van der Waals surface area contributed by atoms with E-state index in [1.165, 1.54) is 23.6 Å². The van der Waals surface area contributed by atoms with E-state index in [1.54, 1.807) is 6.20 Å². The lowest BCUT2D eigenvalue weighted by Crippen LogP contribution is -2.05. The maximum atomic E-state index is 11.6. The number of thiazole rings is 1. The molecule has 0 aliphatic rings. The first-order chi connectivity index (χ1) is 7.83. The smallest absolute Gasteiger partial charge is 0.342 e. The van der Waals surface area contributed by atoms with Gasteiger partial charge in [-0.2, -0.15) is 5.10 Å². The number of carbonyl (C=O) groups is 1. The molecule has 0 aliphatic heterocycles. The van der Waals surface area contributed by atoms with Crippen LogP contribution in [0.3, 0.4) is 0 Å². The summed E-state index contributed by atoms with van der Waals surface area (Å²) in [6, 6.07) is 0. The van der Waals surface area contributed by atoms with E-state index >= 15 is 0 Å². The van der Waals surface area contributed by atoms with Crippen LogP contribution in [0.25, 0.3) is 10.7 Å². The molecular formula is C10H9N3O2S. The van der Waals surface area contributed by atoms with E-state index < -0.39 is 5.97 Å². The zero-order chi connectivity index (χ0) is 11.4. The zero-order valence-electron chi connectivity index (χ0n) is 8.34. The molecule has 0 atom stereocenters. The van der Waals surface area contributed by atoms with Crippen LogP contribution in [0.5, 0.6) is 0 Å². The summed E-state index contributed by atoms with van der Waals surface area (Å²) in [4.78, 5) is 15.7. The number of nitrogens with zero attached hydrogens (tertiary/aromatic N) is 2. The number of aromatic amines is 1. The van der Waals surface area contributed by atoms with Crippen molar-refractivity contribution in [3.05, 3.63) is 36.0 Å². The number of ether oxygens (including phenoxy) is 1. The fourth-order valence-electron chi connectivity index (χ4n) is 1.16. The molecule has 2 aromatic rings. The van der Waals surface area contributed by atoms with Crippen LogP contribution in [-0.2, 0) is 4.74 Å². The van der Waals surface area contributed by atoms with Crippen molar-refractivity contribution in [1.82, 2.24) is 15.2 Å². The van der Waals surface area contributed by atoms with Crippen molar-refractivity contribution < 1.29 is 9.53 Å². The van der Waals surface area contributed by atoms with Crippen molar-refractivity contribution in [2.24, 2.45) is 0 Å². The number of nitrogens with one attached hydrogen (secondary N) is 1. The Bertz CT molecular complexity index is 490. The van der Waals surface area contributed by atoms with Gasteiger partial charge in [-0.1, -0.05) is 12.7 Å². The monoisotopic (exact) mass is 235 g/mol. The third kappa shape index (κ3) is 2.01. The van der Waals surface area contributed by atoms with E-state index in [0.717, 1.165) is 0 Å². The molecule has 0 saturated carbocycles. The summed E-state index contributed by atoms with van der Waals surface area (Å²) in [5.41, 5.74) is 0.973. The number of aromatic nitrogens is 3. The molecular weight excluding hydrogens is 226 g/mol. The molecule has 0 spiro atoms. The number of rotatable bonds is 4. The first kappa shape index (κ1) is 10.6. The van der Waals surface area contributed by atoms with Crippen molar-refractivity contribution in [3.63, 3.8) is 0 Å². The van der Waals surface area contributed by atoms with E-state index in [0.29, 0.717) is 16.3 Å². The Morgan fingerprint density at radius 2 is 2.56 bits per heavy atom. The molecule has 5 nitrogen and oxygen atoms in total. The summed E-state index contributed by atoms with van der Waals surface area (Å²) in [5, 5.41) is 9.10. The van der Waals surface area contributed by atoms with Crippen molar-refractivity contribution in [3.8, 4) is 10.7 Å². The molecule has 0 saturated heterocycles. The highest BCUT2D eigenvalue weighted by Crippen LogP contribution is 2.23. The van der Waals surface area contributed by atoms with Gasteiger partial charge in [0.15, 0.2) is 0 Å². The fraction of sp³-hybridized carbons (Fsp3) is 0.100. The molecule has 2 rings (SSSR count). The largest absolute Gasteiger partial charge is 0.458 e. The van der Waals surface area contributed by atoms with E-state index in [4.69, 9.17) is 4.74 Å². The minimum Gasteiger partial charge on any atom is -0.458 e. The van der Waals surface area contributed by atoms with Gasteiger partial charge in [0.2, 0.25) is 0 Å². The molecule has 82 valence electrons. The van der Waals surface area contributed by atoms with Gasteiger partial charge in [0.1, 0.15) is 22.9 Å². The van der Waals surface area contributed by atoms with Crippen LogP contribution < -0.4 is 0 Å². The van der Waals surface area contributed by atoms with Gasteiger partial charge in [0.25, 0.3) is 0 Å². The van der Waals surface area contributed by atoms with E-state index in [1.807, 2.05) is 5.38 Å². The Morgan fingerprint density at radius 3 is 3.25 bits per heavy atom. The summed E-state index contributed by atoms with van der Waals surface area (Å²) in [6.07, 6.45) is 4.61. The summed E-state index contributed by atoms with van der Waals surface area (Å²) in [7, 11) is 0. The molecule has 0 unspecified atom stereocenters. The van der Waals surface area contributed by atoms with Gasteiger partial charge in [-0.25, -0.2) is 9.78 Å². The number of hydrogen-bond acceptors (Lipinski definition) is 5. The summed E-state index contributed by atoms with van der Waals surface area (Å²) in [6.45, 7) is 3.66. The Labute approximate surface area is 95.8 Å². The second-order valence-corrected chi connectivity index (χ2v) is 3.78. The van der Waals surface area contributed by atoms with E-state index in [9.17, 15) is 4.79 Å². The first-order valence-electron chi connectivity index (χ1n) is 4.54. The van der Waals surface area contributed by atoms with Gasteiger partial charge in [-0.05, 0) is 0 Å². The zero-order valence-corrected chi connectivity index (χ0v) is 9.16. The Morgan fingerprint density at radius 1 is 1.69 bits per heavy atom. The molecule has 16 heavy (non-hydrogen) atoms. The van der Waals surface area contributed by atoms with Crippen molar-refractivity contribution in [1.29, 1.82) is 0 Å². The molecule has 2 heterocycles. The molecule has 2 aromatic heterocycles. The van der Waals surface area contributed by atoms with Crippen LogP contribution in [-0.4, -0.2) is 27.8 Å². The molecule has 0 aliphatic carbocycles. The number of H-pyrrole nitrogens is 1. The van der Waals surface area contributed by atoms with Crippen molar-refractivity contribution in [2.45, 2.75) is 0 Å². The first-order valence-corrected chi connectivity index (χ1v) is 5.42. The van der Waals surface area contributed by atoms with Crippen LogP contribution >= 0.6 is 11.3 Å². The van der Waals surface area contributed by atoms with Gasteiger partial charge in [-0.15, -0.1) is 11.3 Å². The summed E-state index contributed by atoms with van der Waals surface area (Å²) >= 11 is 1.43. The normalized spacial score (nSPS) is 10.0. The van der Waals surface area contributed by atoms with Gasteiger partial charge in [0.05, 0.1) is 6.20 Å². The minimum absolute atomic E-state index is 0.182. The Balaban J connectivity index is 2.26. The molecule has 0 aromatic carbocycles.